The van der Waals surface area contributed by atoms with Crippen molar-refractivity contribution in [2.45, 2.75) is 0 Å². The summed E-state index contributed by atoms with van der Waals surface area (Å²) in [4.78, 5) is 29.1. The Kier molecular flexibility index (Phi) is 6.67. The predicted molar refractivity (Wildman–Crippen MR) is 162 cm³/mol. The summed E-state index contributed by atoms with van der Waals surface area (Å²) in [5.41, 5.74) is 4.50. The van der Waals surface area contributed by atoms with Crippen LogP contribution in [-0.2, 0) is 10.0 Å². The molecule has 214 valence electrons. The lowest BCUT2D eigenvalue weighted by molar-refractivity contribution is 0.0964. The van der Waals surface area contributed by atoms with Crippen molar-refractivity contribution in [1.29, 1.82) is 0 Å². The quantitative estimate of drug-likeness (QED) is 0.260. The van der Waals surface area contributed by atoms with E-state index in [2.05, 4.69) is 31.2 Å². The zero-order chi connectivity index (χ0) is 30.5. The van der Waals surface area contributed by atoms with Crippen molar-refractivity contribution in [1.82, 2.24) is 25.3 Å². The number of carbonyl (C=O) groups is 1. The van der Waals surface area contributed by atoms with E-state index >= 15 is 0 Å². The number of imidazole rings is 1. The van der Waals surface area contributed by atoms with Crippen LogP contribution in [0.25, 0.3) is 56.0 Å². The monoisotopic (exact) mass is 594 g/mol. The van der Waals surface area contributed by atoms with Crippen molar-refractivity contribution in [3.05, 3.63) is 84.1 Å². The second kappa shape index (κ2) is 10.4. The molecule has 0 aliphatic rings. The minimum absolute atomic E-state index is 0.209. The van der Waals surface area contributed by atoms with Gasteiger partial charge in [0.15, 0.2) is 5.65 Å². The Bertz CT molecular complexity index is 2180. The molecule has 12 heteroatoms. The largest absolute Gasteiger partial charge is 0.455 e. The first-order chi connectivity index (χ1) is 20.6. The van der Waals surface area contributed by atoms with Crippen LogP contribution in [-0.4, -0.2) is 54.6 Å². The van der Waals surface area contributed by atoms with Crippen molar-refractivity contribution in [3.63, 3.8) is 0 Å². The van der Waals surface area contributed by atoms with Gasteiger partial charge in [-0.3, -0.25) is 9.10 Å². The summed E-state index contributed by atoms with van der Waals surface area (Å²) in [6.45, 7) is 0. The van der Waals surface area contributed by atoms with Gasteiger partial charge in [0.05, 0.1) is 23.7 Å². The number of nitrogens with one attached hydrogen (secondary N) is 2. The topological polar surface area (TPSA) is 134 Å². The van der Waals surface area contributed by atoms with Crippen LogP contribution in [0.5, 0.6) is 0 Å². The number of halogens is 1. The summed E-state index contributed by atoms with van der Waals surface area (Å²) in [6.07, 6.45) is 9.92. The number of aromatic amines is 1. The van der Waals surface area contributed by atoms with Gasteiger partial charge in [-0.1, -0.05) is 5.92 Å². The number of carbonyl (C=O) groups excluding carboxylic acids is 1. The zero-order valence-electron chi connectivity index (χ0n) is 23.1. The van der Waals surface area contributed by atoms with Gasteiger partial charge in [-0.25, -0.2) is 27.8 Å². The number of rotatable bonds is 6. The average Bonchev–Trinajstić information content (AvgIpc) is 3.61. The number of H-pyrrole nitrogens is 1. The zero-order valence-corrected chi connectivity index (χ0v) is 24.0. The van der Waals surface area contributed by atoms with Crippen LogP contribution in [0.4, 0.5) is 10.1 Å². The Morgan fingerprint density at radius 2 is 1.84 bits per heavy atom. The van der Waals surface area contributed by atoms with Gasteiger partial charge in [0.25, 0.3) is 5.91 Å². The molecule has 43 heavy (non-hydrogen) atoms. The molecule has 3 aromatic heterocycles. The van der Waals surface area contributed by atoms with Crippen molar-refractivity contribution in [2.75, 3.05) is 24.7 Å². The molecule has 6 aromatic rings. The molecular formula is C31H23FN6O4S. The summed E-state index contributed by atoms with van der Waals surface area (Å²) in [5, 5.41) is 3.06. The molecule has 0 aliphatic carbocycles. The normalized spacial score (nSPS) is 11.5. The van der Waals surface area contributed by atoms with E-state index in [0.29, 0.717) is 50.2 Å². The molecule has 3 aromatic carbocycles. The number of anilines is 1. The maximum absolute atomic E-state index is 13.7. The number of amides is 1. The number of hydrogen-bond donors (Lipinski definition) is 2. The summed E-state index contributed by atoms with van der Waals surface area (Å²) in [7, 11) is -0.822. The molecule has 0 fully saturated rings. The van der Waals surface area contributed by atoms with Crippen LogP contribution in [0.2, 0.25) is 0 Å². The number of furan rings is 1. The highest BCUT2D eigenvalue weighted by atomic mass is 32.2. The number of nitrogens with zero attached hydrogens (tertiary/aromatic N) is 4. The summed E-state index contributed by atoms with van der Waals surface area (Å²) in [5.74, 6) is 2.47. The van der Waals surface area contributed by atoms with Gasteiger partial charge in [0, 0.05) is 47.8 Å². The van der Waals surface area contributed by atoms with Crippen LogP contribution in [0.1, 0.15) is 15.9 Å². The smallest absolute Gasteiger partial charge is 0.255 e. The summed E-state index contributed by atoms with van der Waals surface area (Å²) in [6, 6.07) is 14.1. The average molecular weight is 595 g/mol. The first-order valence-electron chi connectivity index (χ1n) is 12.9. The van der Waals surface area contributed by atoms with E-state index in [1.807, 2.05) is 6.07 Å². The van der Waals surface area contributed by atoms with E-state index in [1.54, 1.807) is 30.5 Å². The maximum Gasteiger partial charge on any atom is 0.255 e. The van der Waals surface area contributed by atoms with Crippen LogP contribution < -0.4 is 9.62 Å². The standard InChI is InChI=1S/C31H23FN6O4S/c1-5-17-10-19(12-20(11-17)29-36-24-15-34-16-35-30(24)37-29)22-13-23-26(14-25(22)38(3)43(4,40)41)42-28(27(23)31(39)33-2)18-6-8-21(32)9-7-18/h1,6-16H,2-4H3,(H,33,39)(H,34,35,36,37). The molecule has 6 rings (SSSR count). The van der Waals surface area contributed by atoms with Gasteiger partial charge in [-0.15, -0.1) is 6.42 Å². The molecule has 3 heterocycles. The lowest BCUT2D eigenvalue weighted by Gasteiger charge is -2.21. The Hall–Kier alpha value is -5.54. The fraction of sp³-hybridized carbons (Fsp3) is 0.0968. The number of terminal acetylenes is 1. The number of sulfonamides is 1. The second-order valence-corrected chi connectivity index (χ2v) is 11.8. The van der Waals surface area contributed by atoms with E-state index in [1.165, 1.54) is 44.7 Å². The van der Waals surface area contributed by atoms with Gasteiger partial charge in [0.2, 0.25) is 10.0 Å². The van der Waals surface area contributed by atoms with E-state index in [-0.39, 0.29) is 22.6 Å². The molecule has 0 unspecified atom stereocenters. The number of fused-ring (bicyclic) bond motifs is 2. The lowest BCUT2D eigenvalue weighted by Crippen LogP contribution is -2.25. The van der Waals surface area contributed by atoms with Gasteiger partial charge in [-0.2, -0.15) is 0 Å². The predicted octanol–water partition coefficient (Wildman–Crippen LogP) is 4.98. The van der Waals surface area contributed by atoms with E-state index < -0.39 is 21.7 Å². The van der Waals surface area contributed by atoms with Gasteiger partial charge in [0.1, 0.15) is 34.8 Å². The fourth-order valence-corrected chi connectivity index (χ4v) is 5.37. The molecule has 0 atom stereocenters. The van der Waals surface area contributed by atoms with E-state index in [4.69, 9.17) is 10.8 Å². The highest BCUT2D eigenvalue weighted by Crippen LogP contribution is 2.42. The molecule has 0 bridgehead atoms. The highest BCUT2D eigenvalue weighted by molar-refractivity contribution is 7.92. The fourth-order valence-electron chi connectivity index (χ4n) is 4.86. The van der Waals surface area contributed by atoms with Crippen LogP contribution in [0, 0.1) is 18.2 Å². The molecule has 0 radical (unpaired) electrons. The Labute approximate surface area is 245 Å². The molecule has 0 saturated heterocycles. The molecule has 0 saturated carbocycles. The lowest BCUT2D eigenvalue weighted by atomic mass is 9.95. The third-order valence-corrected chi connectivity index (χ3v) is 8.24. The maximum atomic E-state index is 13.7. The third kappa shape index (κ3) is 4.96. The van der Waals surface area contributed by atoms with Gasteiger partial charge in [-0.05, 0) is 54.1 Å². The first-order valence-corrected chi connectivity index (χ1v) is 14.7. The Balaban J connectivity index is 1.65. The highest BCUT2D eigenvalue weighted by Gasteiger charge is 2.26. The molecular weight excluding hydrogens is 571 g/mol. The van der Waals surface area contributed by atoms with Crippen LogP contribution >= 0.6 is 0 Å². The Morgan fingerprint density at radius 3 is 2.51 bits per heavy atom. The van der Waals surface area contributed by atoms with Crippen LogP contribution in [0.15, 0.2) is 71.5 Å². The Morgan fingerprint density at radius 1 is 1.09 bits per heavy atom. The molecule has 0 spiro atoms. The minimum atomic E-state index is -3.73. The summed E-state index contributed by atoms with van der Waals surface area (Å²) < 4.78 is 46.5. The van der Waals surface area contributed by atoms with Crippen molar-refractivity contribution >= 4 is 43.8 Å². The summed E-state index contributed by atoms with van der Waals surface area (Å²) >= 11 is 0. The first kappa shape index (κ1) is 27.6. The third-order valence-electron chi connectivity index (χ3n) is 7.05. The van der Waals surface area contributed by atoms with Crippen molar-refractivity contribution in [2.24, 2.45) is 0 Å². The van der Waals surface area contributed by atoms with Crippen LogP contribution in [0.3, 0.4) is 0 Å². The van der Waals surface area contributed by atoms with E-state index in [0.717, 1.165) is 10.6 Å². The SMILES string of the molecule is C#Cc1cc(-c2nc3ncncc3[nH]2)cc(-c2cc3c(C(=O)NC)c(-c4ccc(F)cc4)oc3cc2N(C)S(C)(=O)=O)c1. The number of hydrogen-bond acceptors (Lipinski definition) is 7. The van der Waals surface area contributed by atoms with Crippen molar-refractivity contribution < 1.29 is 22.0 Å². The van der Waals surface area contributed by atoms with E-state index in [9.17, 15) is 17.6 Å². The molecule has 10 nitrogen and oxygen atoms in total. The van der Waals surface area contributed by atoms with Gasteiger partial charge >= 0.3 is 0 Å². The number of benzene rings is 3. The minimum Gasteiger partial charge on any atom is -0.455 e. The number of aromatic nitrogens is 4. The second-order valence-electron chi connectivity index (χ2n) is 9.78. The van der Waals surface area contributed by atoms with Gasteiger partial charge < -0.3 is 14.7 Å². The molecule has 2 N–H and O–H groups in total. The molecule has 0 aliphatic heterocycles. The molecule has 1 amide bonds. The van der Waals surface area contributed by atoms with Crippen molar-refractivity contribution in [3.8, 4) is 46.2 Å².